The zero-order chi connectivity index (χ0) is 15.6. The number of amides is 1. The zero-order valence-corrected chi connectivity index (χ0v) is 13.0. The lowest BCUT2D eigenvalue weighted by atomic mass is 10.1. The van der Waals surface area contributed by atoms with Crippen molar-refractivity contribution in [2.24, 2.45) is 0 Å². The standard InChI is InChI=1S/C14H12BrN3O3/c1-8-6-11(12(18(20)21)7-9(8)2)17-14(19)10-4-3-5-16-13(10)15/h3-7H,1-2H3,(H,17,19). The first-order valence-corrected chi connectivity index (χ1v) is 6.87. The van der Waals surface area contributed by atoms with Crippen molar-refractivity contribution in [1.29, 1.82) is 0 Å². The molecule has 21 heavy (non-hydrogen) atoms. The van der Waals surface area contributed by atoms with Crippen LogP contribution in [0.5, 0.6) is 0 Å². The summed E-state index contributed by atoms with van der Waals surface area (Å²) in [6.07, 6.45) is 1.54. The Labute approximate surface area is 129 Å². The summed E-state index contributed by atoms with van der Waals surface area (Å²) in [7, 11) is 0. The van der Waals surface area contributed by atoms with Gasteiger partial charge in [0.15, 0.2) is 0 Å². The van der Waals surface area contributed by atoms with Crippen LogP contribution in [0, 0.1) is 24.0 Å². The van der Waals surface area contributed by atoms with Gasteiger partial charge in [-0.05, 0) is 59.1 Å². The number of benzene rings is 1. The third kappa shape index (κ3) is 3.25. The largest absolute Gasteiger partial charge is 0.316 e. The summed E-state index contributed by atoms with van der Waals surface area (Å²) < 4.78 is 0.383. The Kier molecular flexibility index (Phi) is 4.32. The second-order valence-corrected chi connectivity index (χ2v) is 5.26. The van der Waals surface area contributed by atoms with Crippen LogP contribution in [0.4, 0.5) is 11.4 Å². The smallest absolute Gasteiger partial charge is 0.293 e. The number of aromatic nitrogens is 1. The Balaban J connectivity index is 2.40. The van der Waals surface area contributed by atoms with Crippen LogP contribution in [0.2, 0.25) is 0 Å². The third-order valence-corrected chi connectivity index (χ3v) is 3.69. The maximum Gasteiger partial charge on any atom is 0.293 e. The Morgan fingerprint density at radius 3 is 2.62 bits per heavy atom. The molecule has 0 fully saturated rings. The van der Waals surface area contributed by atoms with Gasteiger partial charge in [-0.1, -0.05) is 0 Å². The highest BCUT2D eigenvalue weighted by molar-refractivity contribution is 9.10. The van der Waals surface area contributed by atoms with Gasteiger partial charge in [0.25, 0.3) is 11.6 Å². The van der Waals surface area contributed by atoms with Crippen LogP contribution in [-0.2, 0) is 0 Å². The summed E-state index contributed by atoms with van der Waals surface area (Å²) in [5.41, 5.74) is 2.00. The Morgan fingerprint density at radius 2 is 2.00 bits per heavy atom. The normalized spacial score (nSPS) is 10.2. The van der Waals surface area contributed by atoms with Gasteiger partial charge in [-0.2, -0.15) is 0 Å². The second-order valence-electron chi connectivity index (χ2n) is 4.51. The quantitative estimate of drug-likeness (QED) is 0.520. The fraction of sp³-hybridized carbons (Fsp3) is 0.143. The van der Waals surface area contributed by atoms with E-state index < -0.39 is 10.8 Å². The Bertz CT molecular complexity index is 731. The average molecular weight is 350 g/mol. The number of halogens is 1. The van der Waals surface area contributed by atoms with Gasteiger partial charge < -0.3 is 5.32 Å². The van der Waals surface area contributed by atoms with Crippen molar-refractivity contribution in [2.45, 2.75) is 13.8 Å². The first kappa shape index (κ1) is 15.1. The fourth-order valence-corrected chi connectivity index (χ4v) is 2.23. The Morgan fingerprint density at radius 1 is 1.33 bits per heavy atom. The summed E-state index contributed by atoms with van der Waals surface area (Å²) in [5.74, 6) is -0.457. The number of carbonyl (C=O) groups excluding carboxylic acids is 1. The van der Waals surface area contributed by atoms with Gasteiger partial charge in [-0.25, -0.2) is 4.98 Å². The van der Waals surface area contributed by atoms with Crippen LogP contribution in [0.3, 0.4) is 0 Å². The minimum Gasteiger partial charge on any atom is -0.316 e. The lowest BCUT2D eigenvalue weighted by Gasteiger charge is -2.09. The van der Waals surface area contributed by atoms with Crippen molar-refractivity contribution >= 4 is 33.2 Å². The number of hydrogen-bond acceptors (Lipinski definition) is 4. The van der Waals surface area contributed by atoms with Gasteiger partial charge in [0, 0.05) is 12.3 Å². The lowest BCUT2D eigenvalue weighted by Crippen LogP contribution is -2.14. The molecule has 0 unspecified atom stereocenters. The summed E-state index contributed by atoms with van der Waals surface area (Å²) in [6.45, 7) is 3.61. The molecule has 1 aromatic heterocycles. The molecular formula is C14H12BrN3O3. The van der Waals surface area contributed by atoms with E-state index in [1.54, 1.807) is 31.3 Å². The number of aryl methyl sites for hydroxylation is 2. The number of nitro groups is 1. The SMILES string of the molecule is Cc1cc(NC(=O)c2cccnc2Br)c([N+](=O)[O-])cc1C. The number of pyridine rings is 1. The summed E-state index contributed by atoms with van der Waals surface area (Å²) in [6, 6.07) is 6.24. The number of nitro benzene ring substituents is 1. The highest BCUT2D eigenvalue weighted by Gasteiger charge is 2.19. The van der Waals surface area contributed by atoms with Crippen molar-refractivity contribution in [2.75, 3.05) is 5.32 Å². The molecule has 0 saturated carbocycles. The van der Waals surface area contributed by atoms with E-state index in [1.165, 1.54) is 6.07 Å². The van der Waals surface area contributed by atoms with E-state index in [4.69, 9.17) is 0 Å². The number of nitrogens with zero attached hydrogens (tertiary/aromatic N) is 2. The van der Waals surface area contributed by atoms with Crippen molar-refractivity contribution in [3.63, 3.8) is 0 Å². The molecule has 2 aromatic rings. The molecule has 0 aliphatic rings. The maximum atomic E-state index is 12.2. The van der Waals surface area contributed by atoms with E-state index in [0.717, 1.165) is 11.1 Å². The summed E-state index contributed by atoms with van der Waals surface area (Å²) in [4.78, 5) is 26.7. The van der Waals surface area contributed by atoms with Crippen LogP contribution >= 0.6 is 15.9 Å². The minimum absolute atomic E-state index is 0.133. The Hall–Kier alpha value is -2.28. The second kappa shape index (κ2) is 6.01. The van der Waals surface area contributed by atoms with E-state index in [-0.39, 0.29) is 11.4 Å². The number of carbonyl (C=O) groups is 1. The van der Waals surface area contributed by atoms with E-state index in [0.29, 0.717) is 10.2 Å². The first-order chi connectivity index (χ1) is 9.90. The molecule has 1 aromatic carbocycles. The van der Waals surface area contributed by atoms with Gasteiger partial charge in [0.2, 0.25) is 0 Å². The van der Waals surface area contributed by atoms with Crippen LogP contribution in [-0.4, -0.2) is 15.8 Å². The van der Waals surface area contributed by atoms with Crippen LogP contribution in [0.15, 0.2) is 35.1 Å². The van der Waals surface area contributed by atoms with E-state index >= 15 is 0 Å². The number of anilines is 1. The summed E-state index contributed by atoms with van der Waals surface area (Å²) >= 11 is 3.18. The van der Waals surface area contributed by atoms with Gasteiger partial charge in [-0.3, -0.25) is 14.9 Å². The van der Waals surface area contributed by atoms with E-state index in [2.05, 4.69) is 26.2 Å². The van der Waals surface area contributed by atoms with Crippen molar-refractivity contribution in [3.8, 4) is 0 Å². The van der Waals surface area contributed by atoms with Gasteiger partial charge in [0.05, 0.1) is 10.5 Å². The minimum atomic E-state index is -0.514. The zero-order valence-electron chi connectivity index (χ0n) is 11.4. The summed E-state index contributed by atoms with van der Waals surface area (Å²) in [5, 5.41) is 13.7. The highest BCUT2D eigenvalue weighted by atomic mass is 79.9. The molecule has 108 valence electrons. The molecule has 0 atom stereocenters. The lowest BCUT2D eigenvalue weighted by molar-refractivity contribution is -0.384. The van der Waals surface area contributed by atoms with E-state index in [9.17, 15) is 14.9 Å². The molecule has 1 N–H and O–H groups in total. The molecule has 1 amide bonds. The molecule has 1 heterocycles. The van der Waals surface area contributed by atoms with Gasteiger partial charge in [0.1, 0.15) is 10.3 Å². The molecule has 6 nitrogen and oxygen atoms in total. The molecule has 7 heteroatoms. The van der Waals surface area contributed by atoms with Crippen molar-refractivity contribution in [1.82, 2.24) is 4.98 Å². The molecule has 0 saturated heterocycles. The predicted molar refractivity (Wildman–Crippen MR) is 82.5 cm³/mol. The van der Waals surface area contributed by atoms with Gasteiger partial charge in [-0.15, -0.1) is 0 Å². The monoisotopic (exact) mass is 349 g/mol. The van der Waals surface area contributed by atoms with Crippen LogP contribution < -0.4 is 5.32 Å². The van der Waals surface area contributed by atoms with Crippen molar-refractivity contribution in [3.05, 3.63) is 61.9 Å². The molecule has 0 radical (unpaired) electrons. The third-order valence-electron chi connectivity index (χ3n) is 3.06. The van der Waals surface area contributed by atoms with Gasteiger partial charge >= 0.3 is 0 Å². The molecule has 0 bridgehead atoms. The molecule has 0 aliphatic carbocycles. The number of nitrogens with one attached hydrogen (secondary N) is 1. The van der Waals surface area contributed by atoms with Crippen molar-refractivity contribution < 1.29 is 9.72 Å². The first-order valence-electron chi connectivity index (χ1n) is 6.07. The van der Waals surface area contributed by atoms with Crippen LogP contribution in [0.25, 0.3) is 0 Å². The average Bonchev–Trinajstić information content (AvgIpc) is 2.42. The molecule has 0 spiro atoms. The molecule has 0 aliphatic heterocycles. The molecular weight excluding hydrogens is 338 g/mol. The predicted octanol–water partition coefficient (Wildman–Crippen LogP) is 3.62. The number of rotatable bonds is 3. The topological polar surface area (TPSA) is 85.1 Å². The molecule has 2 rings (SSSR count). The highest BCUT2D eigenvalue weighted by Crippen LogP contribution is 2.28. The van der Waals surface area contributed by atoms with E-state index in [1.807, 2.05) is 6.92 Å². The number of hydrogen-bond donors (Lipinski definition) is 1. The fourth-order valence-electron chi connectivity index (χ4n) is 1.80. The van der Waals surface area contributed by atoms with Crippen LogP contribution in [0.1, 0.15) is 21.5 Å². The maximum absolute atomic E-state index is 12.2.